The summed E-state index contributed by atoms with van der Waals surface area (Å²) in [7, 11) is 3.81. The fourth-order valence-corrected chi connectivity index (χ4v) is 1.77. The van der Waals surface area contributed by atoms with Crippen molar-refractivity contribution in [1.82, 2.24) is 4.90 Å². The Kier molecular flexibility index (Phi) is 3.71. The lowest BCUT2D eigenvalue weighted by Gasteiger charge is -2.13. The average Bonchev–Trinajstić information content (AvgIpc) is 2.11. The molecule has 0 bridgehead atoms. The molecule has 0 aliphatic heterocycles. The third kappa shape index (κ3) is 2.94. The summed E-state index contributed by atoms with van der Waals surface area (Å²) in [6.07, 6.45) is 0. The minimum Gasteiger partial charge on any atom is -0.478 e. The highest BCUT2D eigenvalue weighted by molar-refractivity contribution is 9.10. The van der Waals surface area contributed by atoms with Crippen LogP contribution in [0.5, 0.6) is 0 Å². The second-order valence-electron chi connectivity index (χ2n) is 3.57. The largest absolute Gasteiger partial charge is 0.478 e. The molecule has 0 amide bonds. The van der Waals surface area contributed by atoms with Gasteiger partial charge in [-0.05, 0) is 47.7 Å². The molecular formula is C10H13BrN2O2. The number of hydrogen-bond acceptors (Lipinski definition) is 3. The molecule has 0 aliphatic carbocycles. The van der Waals surface area contributed by atoms with E-state index >= 15 is 0 Å². The highest BCUT2D eigenvalue weighted by Crippen LogP contribution is 2.26. The number of nitrogens with zero attached hydrogens (tertiary/aromatic N) is 1. The number of carboxylic acid groups (broad SMARTS) is 1. The molecule has 0 radical (unpaired) electrons. The van der Waals surface area contributed by atoms with Crippen molar-refractivity contribution in [3.05, 3.63) is 27.7 Å². The van der Waals surface area contributed by atoms with E-state index in [4.69, 9.17) is 10.8 Å². The molecule has 15 heavy (non-hydrogen) atoms. The SMILES string of the molecule is CN(C)Cc1cc(C(=O)O)cc(Br)c1N. The standard InChI is InChI=1S/C10H13BrN2O2/c1-13(2)5-7-3-6(10(14)15)4-8(11)9(7)12/h3-4H,5,12H2,1-2H3,(H,14,15). The molecule has 0 saturated heterocycles. The first-order chi connectivity index (χ1) is 6.91. The van der Waals surface area contributed by atoms with Gasteiger partial charge in [0.15, 0.2) is 0 Å². The van der Waals surface area contributed by atoms with Crippen LogP contribution in [-0.4, -0.2) is 30.1 Å². The predicted octanol–water partition coefficient (Wildman–Crippen LogP) is 1.79. The zero-order chi connectivity index (χ0) is 11.6. The van der Waals surface area contributed by atoms with E-state index in [0.29, 0.717) is 16.7 Å². The molecular weight excluding hydrogens is 260 g/mol. The number of rotatable bonds is 3. The summed E-state index contributed by atoms with van der Waals surface area (Å²) in [5, 5.41) is 8.88. The minimum atomic E-state index is -0.948. The molecule has 0 fully saturated rings. The van der Waals surface area contributed by atoms with Crippen molar-refractivity contribution < 1.29 is 9.90 Å². The quantitative estimate of drug-likeness (QED) is 0.824. The summed E-state index contributed by atoms with van der Waals surface area (Å²) in [6.45, 7) is 0.617. The van der Waals surface area contributed by atoms with Gasteiger partial charge in [0.05, 0.1) is 11.3 Å². The Bertz CT molecular complexity index is 391. The van der Waals surface area contributed by atoms with E-state index in [1.807, 2.05) is 19.0 Å². The Morgan fingerprint density at radius 1 is 1.53 bits per heavy atom. The Morgan fingerprint density at radius 2 is 2.13 bits per heavy atom. The van der Waals surface area contributed by atoms with Crippen molar-refractivity contribution in [3.8, 4) is 0 Å². The third-order valence-corrected chi connectivity index (χ3v) is 2.60. The zero-order valence-corrected chi connectivity index (χ0v) is 10.2. The monoisotopic (exact) mass is 272 g/mol. The van der Waals surface area contributed by atoms with Crippen LogP contribution in [0.3, 0.4) is 0 Å². The second-order valence-corrected chi connectivity index (χ2v) is 4.43. The van der Waals surface area contributed by atoms with E-state index < -0.39 is 5.97 Å². The van der Waals surface area contributed by atoms with Gasteiger partial charge in [-0.15, -0.1) is 0 Å². The van der Waals surface area contributed by atoms with Gasteiger partial charge in [0.25, 0.3) is 0 Å². The van der Waals surface area contributed by atoms with Crippen LogP contribution < -0.4 is 5.73 Å². The lowest BCUT2D eigenvalue weighted by atomic mass is 10.1. The van der Waals surface area contributed by atoms with Crippen molar-refractivity contribution in [1.29, 1.82) is 0 Å². The number of halogens is 1. The first-order valence-corrected chi connectivity index (χ1v) is 5.17. The average molecular weight is 273 g/mol. The van der Waals surface area contributed by atoms with Gasteiger partial charge >= 0.3 is 5.97 Å². The minimum absolute atomic E-state index is 0.243. The maximum Gasteiger partial charge on any atom is 0.335 e. The third-order valence-electron chi connectivity index (χ3n) is 1.95. The molecule has 0 spiro atoms. The number of nitrogen functional groups attached to an aromatic ring is 1. The van der Waals surface area contributed by atoms with Gasteiger partial charge in [0.1, 0.15) is 0 Å². The Balaban J connectivity index is 3.19. The summed E-state index contributed by atoms with van der Waals surface area (Å²) in [5.74, 6) is -0.948. The maximum absolute atomic E-state index is 10.8. The van der Waals surface area contributed by atoms with Crippen molar-refractivity contribution in [2.45, 2.75) is 6.54 Å². The van der Waals surface area contributed by atoms with Crippen LogP contribution in [0.2, 0.25) is 0 Å². The molecule has 82 valence electrons. The van der Waals surface area contributed by atoms with E-state index in [1.54, 1.807) is 6.07 Å². The maximum atomic E-state index is 10.8. The molecule has 1 aromatic rings. The molecule has 1 rings (SSSR count). The summed E-state index contributed by atoms with van der Waals surface area (Å²) in [6, 6.07) is 3.11. The normalized spacial score (nSPS) is 10.7. The van der Waals surface area contributed by atoms with Crippen LogP contribution in [-0.2, 0) is 6.54 Å². The summed E-state index contributed by atoms with van der Waals surface area (Å²) in [4.78, 5) is 12.8. The van der Waals surface area contributed by atoms with E-state index in [2.05, 4.69) is 15.9 Å². The van der Waals surface area contributed by atoms with Crippen LogP contribution in [0.25, 0.3) is 0 Å². The van der Waals surface area contributed by atoms with Crippen LogP contribution in [0, 0.1) is 0 Å². The lowest BCUT2D eigenvalue weighted by Crippen LogP contribution is -2.13. The van der Waals surface area contributed by atoms with Crippen LogP contribution in [0.1, 0.15) is 15.9 Å². The van der Waals surface area contributed by atoms with Gasteiger partial charge in [0, 0.05) is 11.0 Å². The fourth-order valence-electron chi connectivity index (χ4n) is 1.27. The summed E-state index contributed by atoms with van der Waals surface area (Å²) < 4.78 is 0.624. The molecule has 0 unspecified atom stereocenters. The second kappa shape index (κ2) is 4.63. The van der Waals surface area contributed by atoms with Crippen molar-refractivity contribution in [3.63, 3.8) is 0 Å². The number of aromatic carboxylic acids is 1. The van der Waals surface area contributed by atoms with E-state index in [1.165, 1.54) is 6.07 Å². The number of anilines is 1. The van der Waals surface area contributed by atoms with Gasteiger partial charge in [-0.25, -0.2) is 4.79 Å². The Labute approximate surface area is 96.8 Å². The number of carboxylic acids is 1. The first kappa shape index (κ1) is 12.0. The molecule has 0 aliphatic rings. The lowest BCUT2D eigenvalue weighted by molar-refractivity contribution is 0.0696. The van der Waals surface area contributed by atoms with Crippen LogP contribution >= 0.6 is 15.9 Å². The Hall–Kier alpha value is -1.07. The van der Waals surface area contributed by atoms with Gasteiger partial charge in [-0.2, -0.15) is 0 Å². The molecule has 4 nitrogen and oxygen atoms in total. The topological polar surface area (TPSA) is 66.6 Å². The number of hydrogen-bond donors (Lipinski definition) is 2. The summed E-state index contributed by atoms with van der Waals surface area (Å²) in [5.41, 5.74) is 7.48. The molecule has 3 N–H and O–H groups in total. The number of carbonyl (C=O) groups is 1. The number of nitrogens with two attached hydrogens (primary N) is 1. The number of benzene rings is 1. The fraction of sp³-hybridized carbons (Fsp3) is 0.300. The highest BCUT2D eigenvalue weighted by atomic mass is 79.9. The van der Waals surface area contributed by atoms with Crippen molar-refractivity contribution in [2.75, 3.05) is 19.8 Å². The molecule has 1 aromatic carbocycles. The van der Waals surface area contributed by atoms with Crippen molar-refractivity contribution >= 4 is 27.6 Å². The summed E-state index contributed by atoms with van der Waals surface area (Å²) >= 11 is 3.25. The van der Waals surface area contributed by atoms with Gasteiger partial charge in [-0.3, -0.25) is 0 Å². The molecule has 0 aromatic heterocycles. The predicted molar refractivity (Wildman–Crippen MR) is 62.9 cm³/mol. The molecule has 0 atom stereocenters. The van der Waals surface area contributed by atoms with E-state index in [9.17, 15) is 4.79 Å². The Morgan fingerprint density at radius 3 is 2.60 bits per heavy atom. The molecule has 5 heteroatoms. The van der Waals surface area contributed by atoms with E-state index in [0.717, 1.165) is 5.56 Å². The zero-order valence-electron chi connectivity index (χ0n) is 8.62. The highest BCUT2D eigenvalue weighted by Gasteiger charge is 2.11. The molecule has 0 saturated carbocycles. The molecule has 0 heterocycles. The van der Waals surface area contributed by atoms with Crippen molar-refractivity contribution in [2.24, 2.45) is 0 Å². The van der Waals surface area contributed by atoms with Crippen LogP contribution in [0.4, 0.5) is 5.69 Å². The first-order valence-electron chi connectivity index (χ1n) is 4.37. The smallest absolute Gasteiger partial charge is 0.335 e. The van der Waals surface area contributed by atoms with Crippen LogP contribution in [0.15, 0.2) is 16.6 Å². The van der Waals surface area contributed by atoms with Gasteiger partial charge in [0.2, 0.25) is 0 Å². The van der Waals surface area contributed by atoms with Gasteiger partial charge in [-0.1, -0.05) is 0 Å². The van der Waals surface area contributed by atoms with Gasteiger partial charge < -0.3 is 15.7 Å². The van der Waals surface area contributed by atoms with E-state index in [-0.39, 0.29) is 5.56 Å².